The number of hydrogen-bond acceptors (Lipinski definition) is 10. The van der Waals surface area contributed by atoms with E-state index in [2.05, 4.69) is 96.4 Å². The summed E-state index contributed by atoms with van der Waals surface area (Å²) in [5.74, 6) is -3.25. The van der Waals surface area contributed by atoms with E-state index in [1.807, 2.05) is 0 Å². The second-order valence-corrected chi connectivity index (χ2v) is 15.5. The standard InChI is InChI=1S/C43H50ClN7O5/c1-8-40(3,4)29-24-25-36(34(27-29)41(5,6)9-2)56-26-16-23-37(52)45-31-19-15-20-32(28-31)46-39(54)42(44,38(53)33-21-13-14-22-35(33)55-7)43(48-50-51-49-43)47-30-17-11-10-12-18-30/h10-15,17-22,24-25,27-28,47H,8-9,16,23,26H2,1-7H3,(H,45,52)(H,46,54). The van der Waals surface area contributed by atoms with Crippen molar-refractivity contribution in [2.45, 2.75) is 88.7 Å². The molecule has 13 heteroatoms. The molecule has 0 fully saturated rings. The number of carbonyl (C=O) groups excluding carboxylic acids is 3. The minimum absolute atomic E-state index is 0.0134. The normalized spacial score (nSPS) is 14.4. The van der Waals surface area contributed by atoms with Crippen LogP contribution >= 0.6 is 11.6 Å². The van der Waals surface area contributed by atoms with Crippen molar-refractivity contribution in [1.29, 1.82) is 0 Å². The van der Waals surface area contributed by atoms with Gasteiger partial charge in [0.2, 0.25) is 11.7 Å². The summed E-state index contributed by atoms with van der Waals surface area (Å²) in [6.07, 6.45) is 2.65. The van der Waals surface area contributed by atoms with Gasteiger partial charge in [-0.25, -0.2) is 0 Å². The highest BCUT2D eigenvalue weighted by Crippen LogP contribution is 2.44. The number of alkyl halides is 1. The molecule has 2 amide bonds. The second-order valence-electron chi connectivity index (χ2n) is 15.0. The van der Waals surface area contributed by atoms with Gasteiger partial charge in [0.15, 0.2) is 0 Å². The lowest BCUT2D eigenvalue weighted by atomic mass is 9.76. The molecule has 0 bridgehead atoms. The van der Waals surface area contributed by atoms with Gasteiger partial charge in [0, 0.05) is 29.0 Å². The first-order chi connectivity index (χ1) is 26.7. The second kappa shape index (κ2) is 17.5. The minimum atomic E-state index is -2.58. The Hall–Kier alpha value is -5.62. The van der Waals surface area contributed by atoms with Crippen LogP contribution in [0, 0.1) is 0 Å². The number of Topliss-reactive ketones (excluding diaryl/α,β-unsaturated/α-hetero) is 1. The smallest absolute Gasteiger partial charge is 0.302 e. The summed E-state index contributed by atoms with van der Waals surface area (Å²) in [6, 6.07) is 28.0. The van der Waals surface area contributed by atoms with Crippen LogP contribution in [0.15, 0.2) is 118 Å². The fraction of sp³-hybridized carbons (Fsp3) is 0.372. The lowest BCUT2D eigenvalue weighted by Gasteiger charge is -2.36. The van der Waals surface area contributed by atoms with Crippen LogP contribution in [0.25, 0.3) is 0 Å². The summed E-state index contributed by atoms with van der Waals surface area (Å²) in [4.78, 5) is 39.4. The lowest BCUT2D eigenvalue weighted by molar-refractivity contribution is -0.119. The van der Waals surface area contributed by atoms with Crippen LogP contribution in [0.2, 0.25) is 0 Å². The molecule has 0 spiro atoms. The summed E-state index contributed by atoms with van der Waals surface area (Å²) in [5, 5.41) is 24.1. The Morgan fingerprint density at radius 2 is 1.36 bits per heavy atom. The number of benzene rings is 4. The molecule has 4 aromatic rings. The van der Waals surface area contributed by atoms with Crippen molar-refractivity contribution in [3.8, 4) is 11.5 Å². The Morgan fingerprint density at radius 1 is 0.732 bits per heavy atom. The van der Waals surface area contributed by atoms with E-state index in [1.54, 1.807) is 72.8 Å². The maximum atomic E-state index is 14.5. The largest absolute Gasteiger partial charge is 0.496 e. The number of ketones is 1. The van der Waals surface area contributed by atoms with Gasteiger partial charge in [-0.2, -0.15) is 0 Å². The fourth-order valence-corrected chi connectivity index (χ4v) is 6.43. The quantitative estimate of drug-likeness (QED) is 0.0395. The Bertz CT molecular complexity index is 2090. The topological polar surface area (TPSA) is 155 Å². The Balaban J connectivity index is 1.30. The van der Waals surface area contributed by atoms with Crippen LogP contribution in [-0.2, 0) is 20.4 Å². The van der Waals surface area contributed by atoms with Gasteiger partial charge in [-0.1, -0.05) is 102 Å². The molecule has 0 aromatic heterocycles. The monoisotopic (exact) mass is 779 g/mol. The lowest BCUT2D eigenvalue weighted by Crippen LogP contribution is -2.63. The number of amides is 2. The van der Waals surface area contributed by atoms with Crippen molar-refractivity contribution < 1.29 is 23.9 Å². The van der Waals surface area contributed by atoms with E-state index in [9.17, 15) is 14.4 Å². The number of nitrogens with zero attached hydrogens (tertiary/aromatic N) is 4. The molecule has 1 atom stereocenters. The van der Waals surface area contributed by atoms with Crippen molar-refractivity contribution in [2.75, 3.05) is 29.7 Å². The fourth-order valence-electron chi connectivity index (χ4n) is 6.15. The molecule has 3 N–H and O–H groups in total. The van der Waals surface area contributed by atoms with Crippen LogP contribution in [0.5, 0.6) is 11.5 Å². The van der Waals surface area contributed by atoms with Gasteiger partial charge >= 0.3 is 5.79 Å². The van der Waals surface area contributed by atoms with E-state index < -0.39 is 22.4 Å². The van der Waals surface area contributed by atoms with Crippen LogP contribution < -0.4 is 25.4 Å². The number of ether oxygens (including phenoxy) is 2. The molecular formula is C43H50ClN7O5. The van der Waals surface area contributed by atoms with Crippen molar-refractivity contribution in [2.24, 2.45) is 20.7 Å². The Kier molecular flexibility index (Phi) is 12.9. The average Bonchev–Trinajstić information content (AvgIpc) is 3.69. The van der Waals surface area contributed by atoms with E-state index in [-0.39, 0.29) is 40.2 Å². The maximum absolute atomic E-state index is 14.5. The summed E-state index contributed by atoms with van der Waals surface area (Å²) in [6.45, 7) is 13.7. The number of hydrogen-bond donors (Lipinski definition) is 3. The summed E-state index contributed by atoms with van der Waals surface area (Å²) < 4.78 is 11.7. The molecule has 5 rings (SSSR count). The molecule has 294 valence electrons. The number of nitrogens with one attached hydrogen (secondary N) is 3. The van der Waals surface area contributed by atoms with E-state index >= 15 is 0 Å². The predicted molar refractivity (Wildman–Crippen MR) is 220 cm³/mol. The minimum Gasteiger partial charge on any atom is -0.496 e. The van der Waals surface area contributed by atoms with E-state index in [0.29, 0.717) is 24.4 Å². The van der Waals surface area contributed by atoms with Gasteiger partial charge in [0.1, 0.15) is 11.5 Å². The number of anilines is 3. The van der Waals surface area contributed by atoms with Crippen molar-refractivity contribution in [3.63, 3.8) is 0 Å². The maximum Gasteiger partial charge on any atom is 0.302 e. The molecule has 1 heterocycles. The first-order valence-corrected chi connectivity index (χ1v) is 19.1. The number of halogens is 1. The average molecular weight is 780 g/mol. The zero-order valence-electron chi connectivity index (χ0n) is 33.0. The van der Waals surface area contributed by atoms with Crippen LogP contribution in [0.4, 0.5) is 17.1 Å². The SMILES string of the molecule is CCC(C)(C)c1ccc(OCCCC(=O)Nc2cccc(NC(=O)C(Cl)(C(=O)c3ccccc3OC)C3(Nc4ccccc4)N=NN=N3)c2)c(C(C)(C)CC)c1. The molecule has 0 radical (unpaired) electrons. The molecule has 0 saturated carbocycles. The molecule has 1 unspecified atom stereocenters. The summed E-state index contributed by atoms with van der Waals surface area (Å²) >= 11 is 7.21. The number of carbonyl (C=O) groups is 3. The van der Waals surface area contributed by atoms with Gasteiger partial charge in [-0.15, -0.1) is 10.2 Å². The van der Waals surface area contributed by atoms with Crippen LogP contribution in [0.3, 0.4) is 0 Å². The van der Waals surface area contributed by atoms with Gasteiger partial charge < -0.3 is 25.4 Å². The third kappa shape index (κ3) is 8.91. The molecular weight excluding hydrogens is 730 g/mol. The zero-order chi connectivity index (χ0) is 40.6. The highest BCUT2D eigenvalue weighted by Gasteiger charge is 2.65. The first-order valence-electron chi connectivity index (χ1n) is 18.7. The zero-order valence-corrected chi connectivity index (χ0v) is 33.7. The van der Waals surface area contributed by atoms with E-state index in [0.717, 1.165) is 24.2 Å². The van der Waals surface area contributed by atoms with Gasteiger partial charge in [0.05, 0.1) is 19.3 Å². The first kappa shape index (κ1) is 41.5. The van der Waals surface area contributed by atoms with Gasteiger partial charge in [-0.05, 0) is 94.6 Å². The number of para-hydroxylation sites is 2. The number of methoxy groups -OCH3 is 1. The third-order valence-electron chi connectivity index (χ3n) is 10.4. The van der Waals surface area contributed by atoms with Crippen molar-refractivity contribution >= 4 is 46.3 Å². The van der Waals surface area contributed by atoms with Crippen LogP contribution in [-0.4, -0.2) is 42.0 Å². The van der Waals surface area contributed by atoms with Gasteiger partial charge in [0.25, 0.3) is 10.8 Å². The molecule has 1 aliphatic heterocycles. The highest BCUT2D eigenvalue weighted by atomic mass is 35.5. The molecule has 0 aliphatic carbocycles. The summed E-state index contributed by atoms with van der Waals surface area (Å²) in [7, 11) is 1.40. The Labute approximate surface area is 333 Å². The third-order valence-corrected chi connectivity index (χ3v) is 11.0. The van der Waals surface area contributed by atoms with Gasteiger partial charge in [-0.3, -0.25) is 14.4 Å². The molecule has 56 heavy (non-hydrogen) atoms. The molecule has 12 nitrogen and oxygen atoms in total. The summed E-state index contributed by atoms with van der Waals surface area (Å²) in [5.41, 5.74) is 3.54. The van der Waals surface area contributed by atoms with E-state index in [1.165, 1.54) is 18.7 Å². The van der Waals surface area contributed by atoms with Crippen molar-refractivity contribution in [1.82, 2.24) is 0 Å². The predicted octanol–water partition coefficient (Wildman–Crippen LogP) is 10.3. The van der Waals surface area contributed by atoms with E-state index in [4.69, 9.17) is 21.1 Å². The van der Waals surface area contributed by atoms with Crippen LogP contribution in [0.1, 0.15) is 88.7 Å². The molecule has 4 aromatic carbocycles. The molecule has 1 aliphatic rings. The molecule has 0 saturated heterocycles. The van der Waals surface area contributed by atoms with Crippen molar-refractivity contribution in [3.05, 3.63) is 114 Å². The Morgan fingerprint density at radius 3 is 2.02 bits per heavy atom. The highest BCUT2D eigenvalue weighted by molar-refractivity contribution is 6.51. The number of rotatable bonds is 18.